The third-order valence-electron chi connectivity index (χ3n) is 3.15. The number of carbonyl (C=O) groups excluding carboxylic acids is 1. The lowest BCUT2D eigenvalue weighted by atomic mass is 10.2. The van der Waals surface area contributed by atoms with Crippen LogP contribution in [0.4, 0.5) is 5.69 Å². The van der Waals surface area contributed by atoms with Crippen LogP contribution < -0.4 is 10.6 Å². The zero-order valence-electron chi connectivity index (χ0n) is 11.1. The van der Waals surface area contributed by atoms with Gasteiger partial charge in [0, 0.05) is 31.1 Å². The highest BCUT2D eigenvalue weighted by Crippen LogP contribution is 2.25. The lowest BCUT2D eigenvalue weighted by Gasteiger charge is -2.12. The molecule has 4 nitrogen and oxygen atoms in total. The van der Waals surface area contributed by atoms with Crippen molar-refractivity contribution in [2.75, 3.05) is 25.0 Å². The zero-order valence-corrected chi connectivity index (χ0v) is 12.6. The summed E-state index contributed by atoms with van der Waals surface area (Å²) < 4.78 is 5.44. The van der Waals surface area contributed by atoms with Gasteiger partial charge in [-0.1, -0.05) is 23.2 Å². The van der Waals surface area contributed by atoms with Crippen LogP contribution in [0.5, 0.6) is 0 Å². The van der Waals surface area contributed by atoms with E-state index in [4.69, 9.17) is 27.9 Å². The Hall–Kier alpha value is -0.970. The molecule has 1 aromatic carbocycles. The summed E-state index contributed by atoms with van der Waals surface area (Å²) in [6, 6.07) is 5.20. The van der Waals surface area contributed by atoms with E-state index in [9.17, 15) is 4.79 Å². The van der Waals surface area contributed by atoms with E-state index in [1.54, 1.807) is 18.2 Å². The number of carbonyl (C=O) groups is 1. The van der Waals surface area contributed by atoms with Crippen LogP contribution in [-0.2, 0) is 9.53 Å². The number of nitrogens with one attached hydrogen (secondary N) is 2. The molecule has 2 N–H and O–H groups in total. The van der Waals surface area contributed by atoms with E-state index >= 15 is 0 Å². The van der Waals surface area contributed by atoms with Crippen LogP contribution in [0.3, 0.4) is 0 Å². The number of rotatable bonds is 6. The molecule has 6 heteroatoms. The van der Waals surface area contributed by atoms with Crippen molar-refractivity contribution in [1.82, 2.24) is 5.32 Å². The minimum absolute atomic E-state index is 0.00569. The lowest BCUT2D eigenvalue weighted by molar-refractivity contribution is -0.121. The average molecular weight is 317 g/mol. The first kappa shape index (κ1) is 15.4. The summed E-state index contributed by atoms with van der Waals surface area (Å²) in [5.74, 6) is 0.00569. The molecule has 1 atom stereocenters. The van der Waals surface area contributed by atoms with E-state index in [1.165, 1.54) is 0 Å². The predicted octanol–water partition coefficient (Wildman–Crippen LogP) is 3.09. The lowest BCUT2D eigenvalue weighted by Crippen LogP contribution is -2.32. The maximum absolute atomic E-state index is 11.7. The van der Waals surface area contributed by atoms with Gasteiger partial charge in [0.1, 0.15) is 0 Å². The second-order valence-corrected chi connectivity index (χ2v) is 5.58. The monoisotopic (exact) mass is 316 g/mol. The highest BCUT2D eigenvalue weighted by atomic mass is 35.5. The Kier molecular flexibility index (Phi) is 5.95. The fourth-order valence-corrected chi connectivity index (χ4v) is 2.42. The Morgan fingerprint density at radius 1 is 1.40 bits per heavy atom. The predicted molar refractivity (Wildman–Crippen MR) is 81.6 cm³/mol. The Bertz CT molecular complexity index is 462. The van der Waals surface area contributed by atoms with Gasteiger partial charge in [-0.2, -0.15) is 0 Å². The van der Waals surface area contributed by atoms with Crippen molar-refractivity contribution in [3.05, 3.63) is 28.2 Å². The molecule has 1 aromatic rings. The first-order valence-corrected chi connectivity index (χ1v) is 7.48. The average Bonchev–Trinajstić information content (AvgIpc) is 2.93. The Morgan fingerprint density at radius 3 is 3.00 bits per heavy atom. The molecule has 1 aliphatic heterocycles. The molecule has 20 heavy (non-hydrogen) atoms. The molecule has 0 aliphatic carbocycles. The largest absolute Gasteiger partial charge is 0.383 e. The number of hydrogen-bond acceptors (Lipinski definition) is 3. The number of benzene rings is 1. The van der Waals surface area contributed by atoms with Gasteiger partial charge in [0.15, 0.2) is 0 Å². The molecule has 1 heterocycles. The fraction of sp³-hybridized carbons (Fsp3) is 0.500. The van der Waals surface area contributed by atoms with Crippen LogP contribution in [0.25, 0.3) is 0 Å². The van der Waals surface area contributed by atoms with Crippen LogP contribution in [0.15, 0.2) is 18.2 Å². The molecule has 1 fully saturated rings. The van der Waals surface area contributed by atoms with Crippen LogP contribution in [0, 0.1) is 0 Å². The summed E-state index contributed by atoms with van der Waals surface area (Å²) in [7, 11) is 0. The Labute approximate surface area is 128 Å². The van der Waals surface area contributed by atoms with Crippen LogP contribution in [-0.4, -0.2) is 31.7 Å². The standard InChI is InChI=1S/C14H18Cl2N2O2/c15-10-3-4-12(16)13(8-10)17-6-5-14(19)18-9-11-2-1-7-20-11/h3-4,8,11,17H,1-2,5-7,9H2,(H,18,19). The van der Waals surface area contributed by atoms with E-state index in [1.807, 2.05) is 0 Å². The molecule has 0 saturated carbocycles. The first-order chi connectivity index (χ1) is 9.65. The van der Waals surface area contributed by atoms with Gasteiger partial charge in [-0.25, -0.2) is 0 Å². The second-order valence-electron chi connectivity index (χ2n) is 4.74. The van der Waals surface area contributed by atoms with E-state index in [0.29, 0.717) is 29.6 Å². The second kappa shape index (κ2) is 7.72. The van der Waals surface area contributed by atoms with Gasteiger partial charge < -0.3 is 15.4 Å². The van der Waals surface area contributed by atoms with Gasteiger partial charge in [-0.15, -0.1) is 0 Å². The van der Waals surface area contributed by atoms with E-state index < -0.39 is 0 Å². The third kappa shape index (κ3) is 4.85. The normalized spacial score (nSPS) is 18.0. The topological polar surface area (TPSA) is 50.4 Å². The minimum atomic E-state index is 0.00569. The summed E-state index contributed by atoms with van der Waals surface area (Å²) in [6.07, 6.45) is 2.66. The summed E-state index contributed by atoms with van der Waals surface area (Å²) in [5.41, 5.74) is 0.742. The maximum Gasteiger partial charge on any atom is 0.221 e. The number of halogens is 2. The first-order valence-electron chi connectivity index (χ1n) is 6.72. The smallest absolute Gasteiger partial charge is 0.221 e. The molecule has 1 saturated heterocycles. The summed E-state index contributed by atoms with van der Waals surface area (Å²) >= 11 is 11.9. The van der Waals surface area contributed by atoms with Gasteiger partial charge in [0.2, 0.25) is 5.91 Å². The molecule has 0 bridgehead atoms. The van der Waals surface area contributed by atoms with Crippen molar-refractivity contribution in [1.29, 1.82) is 0 Å². The number of amides is 1. The minimum Gasteiger partial charge on any atom is -0.383 e. The van der Waals surface area contributed by atoms with Crippen LogP contribution >= 0.6 is 23.2 Å². The van der Waals surface area contributed by atoms with Crippen molar-refractivity contribution in [3.8, 4) is 0 Å². The Morgan fingerprint density at radius 2 is 2.25 bits per heavy atom. The van der Waals surface area contributed by atoms with Gasteiger partial charge in [-0.3, -0.25) is 4.79 Å². The molecule has 1 aliphatic rings. The van der Waals surface area contributed by atoms with Crippen LogP contribution in [0.1, 0.15) is 19.3 Å². The van der Waals surface area contributed by atoms with Crippen molar-refractivity contribution in [3.63, 3.8) is 0 Å². The number of hydrogen-bond donors (Lipinski definition) is 2. The van der Waals surface area contributed by atoms with Gasteiger partial charge in [0.05, 0.1) is 16.8 Å². The Balaban J connectivity index is 1.66. The number of anilines is 1. The zero-order chi connectivity index (χ0) is 14.4. The van der Waals surface area contributed by atoms with Gasteiger partial charge in [0.25, 0.3) is 0 Å². The molecule has 0 spiro atoms. The van der Waals surface area contributed by atoms with E-state index in [0.717, 1.165) is 25.1 Å². The highest BCUT2D eigenvalue weighted by molar-refractivity contribution is 6.35. The van der Waals surface area contributed by atoms with Crippen molar-refractivity contribution in [2.45, 2.75) is 25.4 Å². The molecular formula is C14H18Cl2N2O2. The molecule has 2 rings (SSSR count). The van der Waals surface area contributed by atoms with Gasteiger partial charge in [-0.05, 0) is 31.0 Å². The van der Waals surface area contributed by atoms with E-state index in [2.05, 4.69) is 10.6 Å². The summed E-state index contributed by atoms with van der Waals surface area (Å²) in [4.78, 5) is 11.7. The quantitative estimate of drug-likeness (QED) is 0.848. The number of ether oxygens (including phenoxy) is 1. The SMILES string of the molecule is O=C(CCNc1cc(Cl)ccc1Cl)NCC1CCCO1. The summed E-state index contributed by atoms with van der Waals surface area (Å²) in [6.45, 7) is 1.91. The highest BCUT2D eigenvalue weighted by Gasteiger charge is 2.15. The molecule has 0 radical (unpaired) electrons. The van der Waals surface area contributed by atoms with Crippen molar-refractivity contribution in [2.24, 2.45) is 0 Å². The van der Waals surface area contributed by atoms with E-state index in [-0.39, 0.29) is 12.0 Å². The van der Waals surface area contributed by atoms with Crippen molar-refractivity contribution >= 4 is 34.8 Å². The van der Waals surface area contributed by atoms with Crippen LogP contribution in [0.2, 0.25) is 10.0 Å². The van der Waals surface area contributed by atoms with Gasteiger partial charge >= 0.3 is 0 Å². The maximum atomic E-state index is 11.7. The molecular weight excluding hydrogens is 299 g/mol. The van der Waals surface area contributed by atoms with Crippen molar-refractivity contribution < 1.29 is 9.53 Å². The third-order valence-corrected chi connectivity index (χ3v) is 3.71. The molecule has 110 valence electrons. The summed E-state index contributed by atoms with van der Waals surface area (Å²) in [5, 5.41) is 7.18. The fourth-order valence-electron chi connectivity index (χ4n) is 2.07. The molecule has 1 unspecified atom stereocenters. The molecule has 1 amide bonds. The molecule has 0 aromatic heterocycles.